The van der Waals surface area contributed by atoms with Crippen molar-refractivity contribution in [1.82, 2.24) is 10.6 Å². The molecule has 1 aliphatic rings. The molecule has 0 spiro atoms. The van der Waals surface area contributed by atoms with Gasteiger partial charge in [-0.05, 0) is 49.2 Å². The van der Waals surface area contributed by atoms with Crippen LogP contribution in [0.3, 0.4) is 0 Å². The summed E-state index contributed by atoms with van der Waals surface area (Å²) in [5.74, 6) is -0.220. The summed E-state index contributed by atoms with van der Waals surface area (Å²) in [6.45, 7) is -0.360. The van der Waals surface area contributed by atoms with Crippen molar-refractivity contribution >= 4 is 17.8 Å². The van der Waals surface area contributed by atoms with Crippen LogP contribution in [0.2, 0.25) is 0 Å². The molecule has 7 nitrogen and oxygen atoms in total. The van der Waals surface area contributed by atoms with Crippen molar-refractivity contribution in [1.29, 1.82) is 0 Å². The van der Waals surface area contributed by atoms with E-state index in [4.69, 9.17) is 9.47 Å². The highest BCUT2D eigenvalue weighted by molar-refractivity contribution is 5.96. The molecule has 0 saturated heterocycles. The second-order valence-corrected chi connectivity index (χ2v) is 7.69. The molecule has 0 heterocycles. The van der Waals surface area contributed by atoms with Crippen LogP contribution in [0.4, 0.5) is 0 Å². The molecular formula is C26H24N2O5. The summed E-state index contributed by atoms with van der Waals surface area (Å²) in [6, 6.07) is 24.8. The van der Waals surface area contributed by atoms with Crippen LogP contribution in [0.5, 0.6) is 11.5 Å². The molecule has 0 aromatic heterocycles. The van der Waals surface area contributed by atoms with Crippen molar-refractivity contribution in [2.24, 2.45) is 0 Å². The van der Waals surface area contributed by atoms with Crippen molar-refractivity contribution in [2.45, 2.75) is 25.0 Å². The third kappa shape index (κ3) is 6.43. The van der Waals surface area contributed by atoms with E-state index in [1.54, 1.807) is 48.5 Å². The molecule has 0 bridgehead atoms. The van der Waals surface area contributed by atoms with Gasteiger partial charge in [0.2, 0.25) is 6.10 Å². The van der Waals surface area contributed by atoms with Gasteiger partial charge in [0.05, 0.1) is 0 Å². The molecule has 1 aliphatic carbocycles. The lowest BCUT2D eigenvalue weighted by molar-refractivity contribution is -0.155. The van der Waals surface area contributed by atoms with E-state index in [9.17, 15) is 14.4 Å². The first-order valence-corrected chi connectivity index (χ1v) is 10.7. The van der Waals surface area contributed by atoms with Gasteiger partial charge in [0.25, 0.3) is 11.8 Å². The smallest absolute Gasteiger partial charge is 0.326 e. The number of rotatable bonds is 9. The molecule has 0 aliphatic heterocycles. The minimum absolute atomic E-state index is 0.135. The number of ether oxygens (including phenoxy) is 2. The summed E-state index contributed by atoms with van der Waals surface area (Å²) in [6.07, 6.45) is 0.782. The van der Waals surface area contributed by atoms with E-state index in [0.29, 0.717) is 22.6 Å². The van der Waals surface area contributed by atoms with Crippen molar-refractivity contribution in [3.8, 4) is 11.5 Å². The molecular weight excluding hydrogens is 420 g/mol. The van der Waals surface area contributed by atoms with Gasteiger partial charge < -0.3 is 20.1 Å². The molecule has 1 atom stereocenters. The largest absolute Gasteiger partial charge is 0.457 e. The number of nitrogens with one attached hydrogen (secondary N) is 2. The Balaban J connectivity index is 1.31. The minimum Gasteiger partial charge on any atom is -0.457 e. The van der Waals surface area contributed by atoms with Crippen LogP contribution in [-0.2, 0) is 14.3 Å². The first-order valence-electron chi connectivity index (χ1n) is 10.7. The van der Waals surface area contributed by atoms with Crippen LogP contribution in [0.25, 0.3) is 0 Å². The summed E-state index contributed by atoms with van der Waals surface area (Å²) in [5.41, 5.74) is 0.943. The highest BCUT2D eigenvalue weighted by atomic mass is 16.5. The number of carbonyl (C=O) groups is 3. The van der Waals surface area contributed by atoms with E-state index in [1.165, 1.54) is 0 Å². The highest BCUT2D eigenvalue weighted by Gasteiger charge is 2.30. The number of benzene rings is 3. The van der Waals surface area contributed by atoms with Gasteiger partial charge in [-0.2, -0.15) is 0 Å². The van der Waals surface area contributed by atoms with Crippen LogP contribution in [0.15, 0.2) is 84.9 Å². The summed E-state index contributed by atoms with van der Waals surface area (Å²) in [7, 11) is 0. The Bertz CT molecular complexity index is 1100. The molecule has 3 aromatic rings. The topological polar surface area (TPSA) is 93.7 Å². The van der Waals surface area contributed by atoms with E-state index >= 15 is 0 Å². The Morgan fingerprint density at radius 2 is 1.42 bits per heavy atom. The predicted octanol–water partition coefficient (Wildman–Crippen LogP) is 3.77. The van der Waals surface area contributed by atoms with Crippen molar-refractivity contribution in [2.75, 3.05) is 6.54 Å². The third-order valence-electron chi connectivity index (χ3n) is 5.00. The number of esters is 1. The average molecular weight is 444 g/mol. The lowest BCUT2D eigenvalue weighted by Crippen LogP contribution is -2.36. The quantitative estimate of drug-likeness (QED) is 0.490. The number of hydrogen-bond acceptors (Lipinski definition) is 5. The highest BCUT2D eigenvalue weighted by Crippen LogP contribution is 2.23. The Morgan fingerprint density at radius 1 is 0.818 bits per heavy atom. The molecule has 2 N–H and O–H groups in total. The summed E-state index contributed by atoms with van der Waals surface area (Å²) in [4.78, 5) is 37.4. The van der Waals surface area contributed by atoms with E-state index < -0.39 is 18.0 Å². The molecule has 7 heteroatoms. The summed E-state index contributed by atoms with van der Waals surface area (Å²) >= 11 is 0. The number of hydrogen-bond donors (Lipinski definition) is 2. The second kappa shape index (κ2) is 10.5. The Morgan fingerprint density at radius 3 is 2.06 bits per heavy atom. The molecule has 3 aromatic carbocycles. The van der Waals surface area contributed by atoms with Crippen molar-refractivity contribution < 1.29 is 23.9 Å². The Hall–Kier alpha value is -4.13. The molecule has 2 amide bonds. The molecule has 33 heavy (non-hydrogen) atoms. The zero-order valence-electron chi connectivity index (χ0n) is 17.9. The standard InChI is InChI=1S/C26H24N2O5/c29-23(33-24(18-7-3-1-4-8-18)26(31)28-20-13-14-20)17-27-25(30)19-11-15-22(16-12-19)32-21-9-5-2-6-10-21/h1-12,15-16,20,24H,13-14,17H2,(H,27,30)(H,28,31). The third-order valence-corrected chi connectivity index (χ3v) is 5.00. The van der Waals surface area contributed by atoms with Gasteiger partial charge in [0, 0.05) is 17.2 Å². The zero-order valence-corrected chi connectivity index (χ0v) is 17.9. The molecule has 4 rings (SSSR count). The van der Waals surface area contributed by atoms with Gasteiger partial charge in [-0.25, -0.2) is 0 Å². The Labute approximate surface area is 191 Å². The molecule has 1 fully saturated rings. The molecule has 168 valence electrons. The normalized spacial score (nSPS) is 13.5. The maximum absolute atomic E-state index is 12.6. The van der Waals surface area contributed by atoms with Crippen LogP contribution in [-0.4, -0.2) is 30.4 Å². The Kier molecular flexibility index (Phi) is 6.99. The van der Waals surface area contributed by atoms with Gasteiger partial charge >= 0.3 is 5.97 Å². The minimum atomic E-state index is -1.06. The number of carbonyl (C=O) groups excluding carboxylic acids is 3. The van der Waals surface area contributed by atoms with Gasteiger partial charge in [0.1, 0.15) is 18.0 Å². The molecule has 1 saturated carbocycles. The van der Waals surface area contributed by atoms with Crippen LogP contribution in [0.1, 0.15) is 34.9 Å². The van der Waals surface area contributed by atoms with Gasteiger partial charge in [-0.15, -0.1) is 0 Å². The maximum Gasteiger partial charge on any atom is 0.326 e. The number of amides is 2. The van der Waals surface area contributed by atoms with Crippen LogP contribution in [0, 0.1) is 0 Å². The molecule has 0 radical (unpaired) electrons. The van der Waals surface area contributed by atoms with Crippen LogP contribution < -0.4 is 15.4 Å². The fraction of sp³-hybridized carbons (Fsp3) is 0.192. The van der Waals surface area contributed by atoms with Gasteiger partial charge in [-0.3, -0.25) is 14.4 Å². The average Bonchev–Trinajstić information content (AvgIpc) is 3.66. The predicted molar refractivity (Wildman–Crippen MR) is 122 cm³/mol. The van der Waals surface area contributed by atoms with Gasteiger partial charge in [0.15, 0.2) is 0 Å². The lowest BCUT2D eigenvalue weighted by atomic mass is 10.1. The lowest BCUT2D eigenvalue weighted by Gasteiger charge is -2.18. The number of para-hydroxylation sites is 1. The SMILES string of the molecule is O=C(CNC(=O)c1ccc(Oc2ccccc2)cc1)OC(C(=O)NC1CC1)c1ccccc1. The second-order valence-electron chi connectivity index (χ2n) is 7.69. The van der Waals surface area contributed by atoms with E-state index in [-0.39, 0.29) is 18.5 Å². The maximum atomic E-state index is 12.6. The molecule has 1 unspecified atom stereocenters. The summed E-state index contributed by atoms with van der Waals surface area (Å²) < 4.78 is 11.1. The van der Waals surface area contributed by atoms with Crippen molar-refractivity contribution in [3.05, 3.63) is 96.1 Å². The zero-order chi connectivity index (χ0) is 23.0. The fourth-order valence-corrected chi connectivity index (χ4v) is 3.13. The van der Waals surface area contributed by atoms with E-state index in [1.807, 2.05) is 36.4 Å². The first kappa shape index (κ1) is 22.1. The monoisotopic (exact) mass is 444 g/mol. The fourth-order valence-electron chi connectivity index (χ4n) is 3.13. The van der Waals surface area contributed by atoms with E-state index in [2.05, 4.69) is 10.6 Å². The van der Waals surface area contributed by atoms with Crippen molar-refractivity contribution in [3.63, 3.8) is 0 Å². The van der Waals surface area contributed by atoms with E-state index in [0.717, 1.165) is 12.8 Å². The first-order chi connectivity index (χ1) is 16.1. The van der Waals surface area contributed by atoms with Crippen LogP contribution >= 0.6 is 0 Å². The summed E-state index contributed by atoms with van der Waals surface area (Å²) in [5, 5.41) is 5.39. The van der Waals surface area contributed by atoms with Gasteiger partial charge in [-0.1, -0.05) is 48.5 Å².